The molecular weight excluding hydrogens is 514 g/mol. The highest BCUT2D eigenvalue weighted by Crippen LogP contribution is 2.45. The van der Waals surface area contributed by atoms with Gasteiger partial charge in [0.1, 0.15) is 23.2 Å². The van der Waals surface area contributed by atoms with Crippen molar-refractivity contribution in [1.29, 1.82) is 5.26 Å². The molecule has 4 aromatic rings. The smallest absolute Gasteiger partial charge is 0.215 e. The Morgan fingerprint density at radius 3 is 2.82 bits per heavy atom. The normalized spacial score (nSPS) is 22.2. The predicted octanol–water partition coefficient (Wildman–Crippen LogP) is 4.25. The van der Waals surface area contributed by atoms with Crippen molar-refractivity contribution in [2.45, 2.75) is 56.3 Å². The number of hydrogen-bond donors (Lipinski definition) is 1. The van der Waals surface area contributed by atoms with E-state index in [2.05, 4.69) is 35.8 Å². The number of piperidine rings is 1. The Morgan fingerprint density at radius 1 is 1.23 bits per heavy atom. The van der Waals surface area contributed by atoms with Crippen LogP contribution in [0.15, 0.2) is 43.1 Å². The molecule has 39 heavy (non-hydrogen) atoms. The van der Waals surface area contributed by atoms with Crippen LogP contribution in [0, 0.1) is 11.3 Å². The van der Waals surface area contributed by atoms with Crippen molar-refractivity contribution in [3.05, 3.63) is 53.8 Å². The van der Waals surface area contributed by atoms with Gasteiger partial charge in [0.05, 0.1) is 29.9 Å². The van der Waals surface area contributed by atoms with Crippen LogP contribution in [0.3, 0.4) is 0 Å². The number of nitrogens with one attached hydrogen (secondary N) is 1. The van der Waals surface area contributed by atoms with Gasteiger partial charge in [-0.05, 0) is 57.5 Å². The van der Waals surface area contributed by atoms with Gasteiger partial charge in [0.15, 0.2) is 0 Å². The highest BCUT2D eigenvalue weighted by atomic mass is 35.5. The van der Waals surface area contributed by atoms with E-state index in [9.17, 15) is 5.26 Å². The summed E-state index contributed by atoms with van der Waals surface area (Å²) in [6, 6.07) is 8.69. The average Bonchev–Trinajstić information content (AvgIpc) is 3.56. The molecule has 0 spiro atoms. The van der Waals surface area contributed by atoms with Gasteiger partial charge in [-0.1, -0.05) is 11.6 Å². The second kappa shape index (κ2) is 10.6. The molecule has 5 heterocycles. The van der Waals surface area contributed by atoms with Gasteiger partial charge in [-0.25, -0.2) is 15.0 Å². The average molecular weight is 546 g/mol. The lowest BCUT2D eigenvalue weighted by Gasteiger charge is -2.52. The maximum absolute atomic E-state index is 9.66. The molecule has 0 amide bonds. The van der Waals surface area contributed by atoms with E-state index in [1.807, 2.05) is 55.6 Å². The molecule has 0 atom stereocenters. The first-order valence-electron chi connectivity index (χ1n) is 13.3. The maximum atomic E-state index is 9.66. The number of rotatable bonds is 8. The summed E-state index contributed by atoms with van der Waals surface area (Å²) >= 11 is 6.25. The lowest BCUT2D eigenvalue weighted by molar-refractivity contribution is -0.0212. The Kier molecular flexibility index (Phi) is 6.97. The first-order valence-corrected chi connectivity index (χ1v) is 13.7. The van der Waals surface area contributed by atoms with Crippen LogP contribution in [0.1, 0.15) is 37.7 Å². The molecule has 0 unspecified atom stereocenters. The predicted molar refractivity (Wildman–Crippen MR) is 148 cm³/mol. The summed E-state index contributed by atoms with van der Waals surface area (Å²) in [5, 5.41) is 15.8. The van der Waals surface area contributed by atoms with Crippen LogP contribution in [0.5, 0.6) is 5.88 Å². The molecule has 1 aliphatic heterocycles. The zero-order chi connectivity index (χ0) is 27.0. The van der Waals surface area contributed by atoms with Gasteiger partial charge >= 0.3 is 0 Å². The number of ether oxygens (including phenoxy) is 1. The van der Waals surface area contributed by atoms with Crippen molar-refractivity contribution in [2.24, 2.45) is 0 Å². The summed E-state index contributed by atoms with van der Waals surface area (Å²) in [5.41, 5.74) is 3.39. The van der Waals surface area contributed by atoms with E-state index in [1.165, 1.54) is 0 Å². The topological polar surface area (TPSA) is 112 Å². The van der Waals surface area contributed by atoms with Crippen molar-refractivity contribution >= 4 is 22.6 Å². The van der Waals surface area contributed by atoms with Crippen LogP contribution < -0.4 is 4.74 Å². The summed E-state index contributed by atoms with van der Waals surface area (Å²) in [7, 11) is 4.06. The second-order valence-corrected chi connectivity index (χ2v) is 11.4. The molecule has 1 N–H and O–H groups in total. The minimum atomic E-state index is -0.289. The molecule has 2 fully saturated rings. The SMILES string of the molecule is CN(C)Cc1cc(Cl)nc(OC2CCN([C@H]3C[C@@](CC#N)(n4cc(-c5ncnc6[nH]ccc56)cn4)C3)CC2)c1. The van der Waals surface area contributed by atoms with E-state index in [-0.39, 0.29) is 11.6 Å². The van der Waals surface area contributed by atoms with Gasteiger partial charge in [0.25, 0.3) is 0 Å². The number of nitriles is 1. The number of aromatic nitrogens is 6. The van der Waals surface area contributed by atoms with Crippen LogP contribution >= 0.6 is 11.6 Å². The van der Waals surface area contributed by atoms with Crippen molar-refractivity contribution in [3.8, 4) is 23.2 Å². The van der Waals surface area contributed by atoms with Crippen molar-refractivity contribution in [3.63, 3.8) is 0 Å². The van der Waals surface area contributed by atoms with Gasteiger partial charge < -0.3 is 14.6 Å². The molecule has 0 radical (unpaired) electrons. The number of likely N-dealkylation sites (tertiary alicyclic amines) is 1. The maximum Gasteiger partial charge on any atom is 0.215 e. The van der Waals surface area contributed by atoms with Crippen molar-refractivity contribution < 1.29 is 4.74 Å². The summed E-state index contributed by atoms with van der Waals surface area (Å²) in [6.07, 6.45) is 11.5. The quantitative estimate of drug-likeness (QED) is 0.327. The lowest BCUT2D eigenvalue weighted by atomic mass is 9.69. The number of pyridine rings is 1. The van der Waals surface area contributed by atoms with E-state index in [0.717, 1.165) is 73.2 Å². The van der Waals surface area contributed by atoms with E-state index in [1.54, 1.807) is 6.33 Å². The molecule has 0 bridgehead atoms. The largest absolute Gasteiger partial charge is 0.474 e. The Balaban J connectivity index is 1.08. The third-order valence-electron chi connectivity index (χ3n) is 7.94. The molecule has 0 aromatic carbocycles. The molecule has 10 nitrogen and oxygen atoms in total. The van der Waals surface area contributed by atoms with Crippen LogP contribution in [-0.4, -0.2) is 78.8 Å². The molecular formula is C28H32ClN9O. The molecule has 6 rings (SSSR count). The molecule has 2 aliphatic rings. The molecule has 4 aromatic heterocycles. The minimum absolute atomic E-state index is 0.121. The standard InChI is InChI=1S/C28H32ClN9O/c1-36(2)16-19-11-24(29)35-25(12-19)39-22-4-9-37(10-5-22)21-13-28(14-21,6-7-30)38-17-20(15-34-38)26-23-3-8-31-27(23)33-18-32-26/h3,8,11-12,15,17-18,21-22H,4-6,9-10,13-14,16H2,1-2H3,(H,31,32,33)/t21-,28+. The molecule has 1 saturated heterocycles. The van der Waals surface area contributed by atoms with E-state index < -0.39 is 0 Å². The molecule has 1 saturated carbocycles. The second-order valence-electron chi connectivity index (χ2n) is 11.0. The Morgan fingerprint density at radius 2 is 2.05 bits per heavy atom. The number of halogens is 1. The van der Waals surface area contributed by atoms with Gasteiger partial charge in [-0.3, -0.25) is 9.58 Å². The lowest BCUT2D eigenvalue weighted by Crippen LogP contribution is -2.58. The van der Waals surface area contributed by atoms with Crippen LogP contribution in [0.4, 0.5) is 0 Å². The summed E-state index contributed by atoms with van der Waals surface area (Å²) in [4.78, 5) is 20.9. The third-order valence-corrected chi connectivity index (χ3v) is 8.14. The number of fused-ring (bicyclic) bond motifs is 1. The Bertz CT molecular complexity index is 1490. The first kappa shape index (κ1) is 25.7. The fourth-order valence-electron chi connectivity index (χ4n) is 6.01. The van der Waals surface area contributed by atoms with Crippen molar-refractivity contribution in [2.75, 3.05) is 27.2 Å². The van der Waals surface area contributed by atoms with E-state index in [4.69, 9.17) is 21.4 Å². The first-order chi connectivity index (χ1) is 18.9. The Labute approximate surface area is 232 Å². The monoisotopic (exact) mass is 545 g/mol. The van der Waals surface area contributed by atoms with Crippen LogP contribution in [0.2, 0.25) is 5.15 Å². The van der Waals surface area contributed by atoms with Gasteiger partial charge in [0.2, 0.25) is 5.88 Å². The third kappa shape index (κ3) is 5.22. The summed E-state index contributed by atoms with van der Waals surface area (Å²) in [6.45, 7) is 2.70. The number of aromatic amines is 1. The zero-order valence-corrected chi connectivity index (χ0v) is 23.0. The molecule has 11 heteroatoms. The van der Waals surface area contributed by atoms with Crippen LogP contribution in [-0.2, 0) is 12.1 Å². The highest BCUT2D eigenvalue weighted by Gasteiger charge is 2.49. The fraction of sp³-hybridized carbons (Fsp3) is 0.464. The highest BCUT2D eigenvalue weighted by molar-refractivity contribution is 6.29. The Hall–Kier alpha value is -3.52. The van der Waals surface area contributed by atoms with Gasteiger partial charge in [0, 0.05) is 55.1 Å². The van der Waals surface area contributed by atoms with Gasteiger partial charge in [-0.15, -0.1) is 0 Å². The number of nitrogens with zero attached hydrogens (tertiary/aromatic N) is 8. The molecule has 1 aliphatic carbocycles. The fourth-order valence-corrected chi connectivity index (χ4v) is 6.23. The number of H-pyrrole nitrogens is 1. The van der Waals surface area contributed by atoms with E-state index >= 15 is 0 Å². The number of hydrogen-bond acceptors (Lipinski definition) is 8. The zero-order valence-electron chi connectivity index (χ0n) is 22.2. The van der Waals surface area contributed by atoms with Crippen molar-refractivity contribution in [1.82, 2.24) is 39.5 Å². The van der Waals surface area contributed by atoms with E-state index in [0.29, 0.717) is 23.5 Å². The molecule has 202 valence electrons. The minimum Gasteiger partial charge on any atom is -0.474 e. The van der Waals surface area contributed by atoms with Crippen LogP contribution in [0.25, 0.3) is 22.3 Å². The summed E-state index contributed by atoms with van der Waals surface area (Å²) in [5.74, 6) is 0.601. The summed E-state index contributed by atoms with van der Waals surface area (Å²) < 4.78 is 8.24. The van der Waals surface area contributed by atoms with Gasteiger partial charge in [-0.2, -0.15) is 10.4 Å².